The van der Waals surface area contributed by atoms with Gasteiger partial charge < -0.3 is 14.4 Å². The minimum absolute atomic E-state index is 0.191. The Labute approximate surface area is 214 Å². The van der Waals surface area contributed by atoms with Crippen LogP contribution in [0.5, 0.6) is 11.5 Å². The van der Waals surface area contributed by atoms with Crippen molar-refractivity contribution in [2.75, 3.05) is 25.2 Å². The number of carbonyl (C=O) groups excluding carboxylic acids is 2. The third kappa shape index (κ3) is 4.70. The summed E-state index contributed by atoms with van der Waals surface area (Å²) in [5, 5.41) is 0.191. The Morgan fingerprint density at radius 2 is 1.78 bits per heavy atom. The second-order valence-corrected chi connectivity index (χ2v) is 9.09. The van der Waals surface area contributed by atoms with Crippen LogP contribution in [0.3, 0.4) is 0 Å². The van der Waals surface area contributed by atoms with Crippen LogP contribution in [0.25, 0.3) is 16.0 Å². The minimum atomic E-state index is -1.04. The van der Waals surface area contributed by atoms with Crippen molar-refractivity contribution in [2.45, 2.75) is 25.8 Å². The Morgan fingerprint density at radius 1 is 1.03 bits per heavy atom. The van der Waals surface area contributed by atoms with Gasteiger partial charge in [-0.05, 0) is 67.8 Å². The van der Waals surface area contributed by atoms with Crippen LogP contribution in [0, 0.1) is 6.57 Å². The largest absolute Gasteiger partial charge is 0.493 e. The molecule has 2 heterocycles. The van der Waals surface area contributed by atoms with E-state index in [0.717, 1.165) is 16.0 Å². The molecule has 1 fully saturated rings. The summed E-state index contributed by atoms with van der Waals surface area (Å²) >= 11 is 6.13. The maximum atomic E-state index is 13.2. The maximum Gasteiger partial charge on any atom is 0.332 e. The molecule has 1 aliphatic rings. The number of anilines is 1. The number of benzene rings is 2. The number of pyridine rings is 1. The van der Waals surface area contributed by atoms with Crippen molar-refractivity contribution in [1.29, 1.82) is 0 Å². The predicted molar refractivity (Wildman–Crippen MR) is 138 cm³/mol. The highest BCUT2D eigenvalue weighted by Crippen LogP contribution is 2.36. The van der Waals surface area contributed by atoms with Gasteiger partial charge in [-0.15, -0.1) is 0 Å². The van der Waals surface area contributed by atoms with Gasteiger partial charge >= 0.3 is 6.03 Å². The fourth-order valence-electron chi connectivity index (χ4n) is 4.08. The number of rotatable bonds is 8. The molecule has 0 spiro atoms. The van der Waals surface area contributed by atoms with Crippen LogP contribution in [0.4, 0.5) is 16.2 Å². The molecule has 2 aromatic carbocycles. The van der Waals surface area contributed by atoms with Gasteiger partial charge in [-0.1, -0.05) is 23.7 Å². The van der Waals surface area contributed by atoms with Crippen LogP contribution in [0.15, 0.2) is 60.9 Å². The molecule has 3 aromatic rings. The molecule has 0 saturated carbocycles. The first-order valence-electron chi connectivity index (χ1n) is 11.3. The molecule has 8 nitrogen and oxygen atoms in total. The van der Waals surface area contributed by atoms with E-state index < -0.39 is 11.6 Å². The number of hydrogen-bond donors (Lipinski definition) is 0. The molecule has 0 bridgehead atoms. The van der Waals surface area contributed by atoms with E-state index in [1.807, 2.05) is 30.3 Å². The zero-order chi connectivity index (χ0) is 25.9. The molecule has 3 amide bonds. The predicted octanol–water partition coefficient (Wildman–Crippen LogP) is 5.98. The molecule has 36 heavy (non-hydrogen) atoms. The number of amides is 3. The quantitative estimate of drug-likeness (QED) is 0.214. The maximum absolute atomic E-state index is 13.2. The molecule has 0 atom stereocenters. The fourth-order valence-corrected chi connectivity index (χ4v) is 4.30. The molecule has 0 unspecified atom stereocenters. The number of carbonyl (C=O) groups is 2. The van der Waals surface area contributed by atoms with Crippen LogP contribution >= 0.6 is 11.6 Å². The van der Waals surface area contributed by atoms with Crippen molar-refractivity contribution in [3.05, 3.63) is 77.4 Å². The zero-order valence-electron chi connectivity index (χ0n) is 20.2. The number of aromatic nitrogens is 1. The molecular weight excluding hydrogens is 480 g/mol. The molecule has 4 rings (SSSR count). The van der Waals surface area contributed by atoms with Gasteiger partial charge in [-0.2, -0.15) is 0 Å². The lowest BCUT2D eigenvalue weighted by Crippen LogP contribution is -2.44. The Bertz CT molecular complexity index is 1340. The van der Waals surface area contributed by atoms with Crippen LogP contribution in [0.1, 0.15) is 20.3 Å². The average Bonchev–Trinajstić information content (AvgIpc) is 3.05. The molecule has 1 aromatic heterocycles. The summed E-state index contributed by atoms with van der Waals surface area (Å²) in [6.45, 7) is 11.2. The summed E-state index contributed by atoms with van der Waals surface area (Å²) in [4.78, 5) is 36.3. The fraction of sp³-hybridized carbons (Fsp3) is 0.259. The zero-order valence-corrected chi connectivity index (χ0v) is 21.0. The summed E-state index contributed by atoms with van der Waals surface area (Å²) < 4.78 is 11.4. The lowest BCUT2D eigenvalue weighted by Gasteiger charge is -2.27. The Balaban J connectivity index is 1.42. The molecule has 0 aliphatic carbocycles. The highest BCUT2D eigenvalue weighted by Gasteiger charge is 2.51. The van der Waals surface area contributed by atoms with Crippen LogP contribution < -0.4 is 14.4 Å². The number of nitrogens with zero attached hydrogens (tertiary/aromatic N) is 4. The van der Waals surface area contributed by atoms with E-state index in [2.05, 4.69) is 9.83 Å². The highest BCUT2D eigenvalue weighted by molar-refractivity contribution is 6.34. The van der Waals surface area contributed by atoms with Crippen molar-refractivity contribution in [3.63, 3.8) is 0 Å². The summed E-state index contributed by atoms with van der Waals surface area (Å²) in [7, 11) is 1.58. The normalized spacial score (nSPS) is 14.6. The van der Waals surface area contributed by atoms with E-state index in [1.54, 1.807) is 39.4 Å². The smallest absolute Gasteiger partial charge is 0.332 e. The summed E-state index contributed by atoms with van der Waals surface area (Å²) in [5.74, 6) is 0.839. The van der Waals surface area contributed by atoms with Crippen LogP contribution in [-0.2, 0) is 4.79 Å². The van der Waals surface area contributed by atoms with Gasteiger partial charge in [0.15, 0.2) is 11.5 Å². The lowest BCUT2D eigenvalue weighted by atomic mass is 10.0. The lowest BCUT2D eigenvalue weighted by molar-refractivity contribution is -0.123. The third-order valence-electron chi connectivity index (χ3n) is 6.09. The number of urea groups is 1. The van der Waals surface area contributed by atoms with Gasteiger partial charge in [0.05, 0.1) is 26.0 Å². The first kappa shape index (κ1) is 25.0. The van der Waals surface area contributed by atoms with Crippen molar-refractivity contribution in [2.24, 2.45) is 0 Å². The van der Waals surface area contributed by atoms with Gasteiger partial charge in [0, 0.05) is 24.0 Å². The van der Waals surface area contributed by atoms with Crippen molar-refractivity contribution in [3.8, 4) is 22.6 Å². The van der Waals surface area contributed by atoms with E-state index in [1.165, 1.54) is 17.0 Å². The van der Waals surface area contributed by atoms with Crippen LogP contribution in [-0.4, -0.2) is 47.6 Å². The number of imide groups is 1. The second kappa shape index (κ2) is 10.3. The topological polar surface area (TPSA) is 76.3 Å². The molecule has 0 radical (unpaired) electrons. The second-order valence-electron chi connectivity index (χ2n) is 8.68. The molecule has 9 heteroatoms. The van der Waals surface area contributed by atoms with E-state index in [0.29, 0.717) is 36.8 Å². The van der Waals surface area contributed by atoms with E-state index in [4.69, 9.17) is 27.6 Å². The summed E-state index contributed by atoms with van der Waals surface area (Å²) in [6, 6.07) is 13.6. The highest BCUT2D eigenvalue weighted by atomic mass is 35.5. The standard InChI is InChI=1S/C27H25ClN4O4/c1-27(2)25(33)32(20-7-8-22(29-3)21(28)17-20)26(34)31(27)14-5-15-36-23-9-6-19(16-24(23)35-4)18-10-12-30-13-11-18/h6-13,16-17H,5,14-15H2,1-2,4H3. The first-order valence-corrected chi connectivity index (χ1v) is 11.7. The first-order chi connectivity index (χ1) is 17.3. The molecular formula is C27H25ClN4O4. The van der Waals surface area contributed by atoms with Gasteiger partial charge in [-0.3, -0.25) is 9.78 Å². The molecule has 1 saturated heterocycles. The number of ether oxygens (including phenoxy) is 2. The van der Waals surface area contributed by atoms with Crippen molar-refractivity contribution in [1.82, 2.24) is 9.88 Å². The molecule has 1 aliphatic heterocycles. The van der Waals surface area contributed by atoms with Gasteiger partial charge in [0.1, 0.15) is 5.54 Å². The minimum Gasteiger partial charge on any atom is -0.493 e. The Morgan fingerprint density at radius 3 is 2.44 bits per heavy atom. The van der Waals surface area contributed by atoms with Crippen LogP contribution in [0.2, 0.25) is 5.02 Å². The van der Waals surface area contributed by atoms with E-state index >= 15 is 0 Å². The number of hydrogen-bond acceptors (Lipinski definition) is 5. The SMILES string of the molecule is [C-]#[N+]c1ccc(N2C(=O)N(CCCOc3ccc(-c4ccncc4)cc3OC)C(C)(C)C2=O)cc1Cl. The van der Waals surface area contributed by atoms with Gasteiger partial charge in [-0.25, -0.2) is 14.5 Å². The van der Waals surface area contributed by atoms with Gasteiger partial charge in [0.25, 0.3) is 5.91 Å². The third-order valence-corrected chi connectivity index (χ3v) is 6.40. The summed E-state index contributed by atoms with van der Waals surface area (Å²) in [6.07, 6.45) is 3.97. The Hall–Kier alpha value is -4.09. The monoisotopic (exact) mass is 504 g/mol. The Kier molecular flexibility index (Phi) is 7.13. The van der Waals surface area contributed by atoms with Crippen molar-refractivity contribution >= 4 is 34.9 Å². The van der Waals surface area contributed by atoms with E-state index in [-0.39, 0.29) is 16.6 Å². The molecule has 0 N–H and O–H groups in total. The van der Waals surface area contributed by atoms with Crippen molar-refractivity contribution < 1.29 is 19.1 Å². The van der Waals surface area contributed by atoms with Gasteiger partial charge in [0.2, 0.25) is 5.69 Å². The average molecular weight is 505 g/mol. The van der Waals surface area contributed by atoms with E-state index in [9.17, 15) is 9.59 Å². The number of halogens is 1. The number of methoxy groups -OCH3 is 1. The molecule has 184 valence electrons. The summed E-state index contributed by atoms with van der Waals surface area (Å²) in [5.41, 5.74) is 1.56.